The topological polar surface area (TPSA) is 52.3 Å². The second kappa shape index (κ2) is 8.72. The monoisotopic (exact) mass is 381 g/mol. The van der Waals surface area contributed by atoms with Crippen molar-refractivity contribution in [3.05, 3.63) is 108 Å². The molecule has 0 aliphatic rings. The van der Waals surface area contributed by atoms with Gasteiger partial charge in [0, 0.05) is 0 Å². The Bertz CT molecular complexity index is 1100. The molecule has 0 aliphatic carbocycles. The van der Waals surface area contributed by atoms with Crippen molar-refractivity contribution < 1.29 is 9.53 Å². The van der Waals surface area contributed by atoms with Gasteiger partial charge >= 0.3 is 5.97 Å². The highest BCUT2D eigenvalue weighted by Gasteiger charge is 2.16. The lowest BCUT2D eigenvalue weighted by atomic mass is 9.96. The smallest absolute Gasteiger partial charge is 0.323 e. The van der Waals surface area contributed by atoms with Gasteiger partial charge in [0.25, 0.3) is 0 Å². The number of rotatable bonds is 6. The van der Waals surface area contributed by atoms with Crippen LogP contribution in [0.5, 0.6) is 0 Å². The molecule has 4 aromatic carbocycles. The summed E-state index contributed by atoms with van der Waals surface area (Å²) < 4.78 is 5.34. The van der Waals surface area contributed by atoms with E-state index in [0.29, 0.717) is 6.42 Å². The lowest BCUT2D eigenvalue weighted by Crippen LogP contribution is -2.34. The van der Waals surface area contributed by atoms with Crippen LogP contribution < -0.4 is 5.73 Å². The van der Waals surface area contributed by atoms with E-state index in [1.165, 1.54) is 16.3 Å². The van der Waals surface area contributed by atoms with Crippen molar-refractivity contribution in [1.82, 2.24) is 0 Å². The number of fused-ring (bicyclic) bond motifs is 1. The maximum absolute atomic E-state index is 12.2. The maximum atomic E-state index is 12.2. The maximum Gasteiger partial charge on any atom is 0.323 e. The minimum atomic E-state index is -0.679. The molecule has 1 atom stereocenters. The van der Waals surface area contributed by atoms with Crippen LogP contribution in [0.15, 0.2) is 97.1 Å². The Balaban J connectivity index is 1.42. The number of carbonyl (C=O) groups excluding carboxylic acids is 1. The van der Waals surface area contributed by atoms with Gasteiger partial charge in [-0.05, 0) is 39.4 Å². The van der Waals surface area contributed by atoms with Crippen LogP contribution in [-0.2, 0) is 22.6 Å². The van der Waals surface area contributed by atoms with E-state index in [4.69, 9.17) is 10.5 Å². The summed E-state index contributed by atoms with van der Waals surface area (Å²) in [4.78, 5) is 12.2. The minimum absolute atomic E-state index is 0.243. The number of esters is 1. The van der Waals surface area contributed by atoms with E-state index in [0.717, 1.165) is 16.7 Å². The number of nitrogens with two attached hydrogens (primary N) is 1. The van der Waals surface area contributed by atoms with Gasteiger partial charge in [0.2, 0.25) is 0 Å². The largest absolute Gasteiger partial charge is 0.460 e. The first-order valence-corrected chi connectivity index (χ1v) is 9.74. The van der Waals surface area contributed by atoms with Crippen LogP contribution in [0, 0.1) is 0 Å². The SMILES string of the molecule is N[C@@H](Cc1ccc(-c2cccc3ccccc23)cc1)C(=O)OCc1ccccc1. The molecule has 0 spiro atoms. The third-order valence-corrected chi connectivity index (χ3v) is 5.04. The summed E-state index contributed by atoms with van der Waals surface area (Å²) in [7, 11) is 0. The summed E-state index contributed by atoms with van der Waals surface area (Å²) >= 11 is 0. The first-order valence-electron chi connectivity index (χ1n) is 9.74. The third-order valence-electron chi connectivity index (χ3n) is 5.04. The molecule has 0 aliphatic heterocycles. The van der Waals surface area contributed by atoms with E-state index in [1.54, 1.807) is 0 Å². The average Bonchev–Trinajstić information content (AvgIpc) is 2.78. The molecule has 0 bridgehead atoms. The lowest BCUT2D eigenvalue weighted by molar-refractivity contribution is -0.146. The number of ether oxygens (including phenoxy) is 1. The highest BCUT2D eigenvalue weighted by atomic mass is 16.5. The molecule has 3 nitrogen and oxygen atoms in total. The summed E-state index contributed by atoms with van der Waals surface area (Å²) in [5, 5.41) is 2.45. The Kier molecular flexibility index (Phi) is 5.68. The Hall–Kier alpha value is -3.43. The van der Waals surface area contributed by atoms with E-state index in [-0.39, 0.29) is 12.6 Å². The summed E-state index contributed by atoms with van der Waals surface area (Å²) in [6.45, 7) is 0.243. The third kappa shape index (κ3) is 4.53. The Morgan fingerprint density at radius 3 is 2.24 bits per heavy atom. The fourth-order valence-electron chi connectivity index (χ4n) is 3.47. The molecule has 2 N–H and O–H groups in total. The number of hydrogen-bond acceptors (Lipinski definition) is 3. The van der Waals surface area contributed by atoms with Gasteiger partial charge in [-0.3, -0.25) is 4.79 Å². The Morgan fingerprint density at radius 2 is 1.45 bits per heavy atom. The van der Waals surface area contributed by atoms with Gasteiger partial charge in [-0.25, -0.2) is 0 Å². The molecule has 0 amide bonds. The highest BCUT2D eigenvalue weighted by Crippen LogP contribution is 2.28. The molecule has 29 heavy (non-hydrogen) atoms. The molecular weight excluding hydrogens is 358 g/mol. The van der Waals surface area contributed by atoms with Crippen LogP contribution in [-0.4, -0.2) is 12.0 Å². The number of carbonyl (C=O) groups is 1. The van der Waals surface area contributed by atoms with E-state index in [2.05, 4.69) is 48.5 Å². The molecule has 0 saturated heterocycles. The summed E-state index contributed by atoms with van der Waals surface area (Å²) in [5.41, 5.74) is 10.4. The van der Waals surface area contributed by atoms with Crippen LogP contribution in [0.3, 0.4) is 0 Å². The fourth-order valence-corrected chi connectivity index (χ4v) is 3.47. The minimum Gasteiger partial charge on any atom is -0.460 e. The average molecular weight is 381 g/mol. The number of hydrogen-bond donors (Lipinski definition) is 1. The fraction of sp³-hybridized carbons (Fsp3) is 0.115. The normalized spacial score (nSPS) is 11.9. The molecule has 0 saturated carbocycles. The van der Waals surface area contributed by atoms with Gasteiger partial charge in [-0.1, -0.05) is 97.1 Å². The summed E-state index contributed by atoms with van der Waals surface area (Å²) in [5.74, 6) is -0.382. The quantitative estimate of drug-likeness (QED) is 0.472. The van der Waals surface area contributed by atoms with Gasteiger partial charge < -0.3 is 10.5 Å². The Morgan fingerprint density at radius 1 is 0.759 bits per heavy atom. The highest BCUT2D eigenvalue weighted by molar-refractivity contribution is 5.96. The molecule has 144 valence electrons. The van der Waals surface area contributed by atoms with E-state index >= 15 is 0 Å². The van der Waals surface area contributed by atoms with Gasteiger partial charge in [0.05, 0.1) is 0 Å². The van der Waals surface area contributed by atoms with Crippen molar-refractivity contribution >= 4 is 16.7 Å². The van der Waals surface area contributed by atoms with Crippen LogP contribution >= 0.6 is 0 Å². The van der Waals surface area contributed by atoms with Crippen molar-refractivity contribution in [2.45, 2.75) is 19.1 Å². The van der Waals surface area contributed by atoms with Crippen LogP contribution in [0.1, 0.15) is 11.1 Å². The molecule has 0 heterocycles. The molecule has 0 aromatic heterocycles. The van der Waals surface area contributed by atoms with Gasteiger partial charge in [0.1, 0.15) is 12.6 Å². The lowest BCUT2D eigenvalue weighted by Gasteiger charge is -2.12. The van der Waals surface area contributed by atoms with Crippen molar-refractivity contribution in [1.29, 1.82) is 0 Å². The molecular formula is C26H23NO2. The van der Waals surface area contributed by atoms with E-state index in [9.17, 15) is 4.79 Å². The van der Waals surface area contributed by atoms with Crippen molar-refractivity contribution in [3.8, 4) is 11.1 Å². The second-order valence-corrected chi connectivity index (χ2v) is 7.13. The van der Waals surface area contributed by atoms with Crippen LogP contribution in [0.4, 0.5) is 0 Å². The molecule has 0 fully saturated rings. The molecule has 4 aromatic rings. The second-order valence-electron chi connectivity index (χ2n) is 7.13. The van der Waals surface area contributed by atoms with Gasteiger partial charge in [-0.15, -0.1) is 0 Å². The zero-order valence-corrected chi connectivity index (χ0v) is 16.1. The van der Waals surface area contributed by atoms with E-state index < -0.39 is 6.04 Å². The first-order chi connectivity index (χ1) is 14.2. The predicted molar refractivity (Wildman–Crippen MR) is 117 cm³/mol. The molecule has 0 unspecified atom stereocenters. The summed E-state index contributed by atoms with van der Waals surface area (Å²) in [6.07, 6.45) is 0.448. The van der Waals surface area contributed by atoms with Crippen LogP contribution in [0.2, 0.25) is 0 Å². The van der Waals surface area contributed by atoms with Crippen molar-refractivity contribution in [2.24, 2.45) is 5.73 Å². The predicted octanol–water partition coefficient (Wildman–Crippen LogP) is 5.12. The van der Waals surface area contributed by atoms with Crippen molar-refractivity contribution in [2.75, 3.05) is 0 Å². The molecule has 3 heteroatoms. The zero-order valence-electron chi connectivity index (χ0n) is 16.1. The zero-order chi connectivity index (χ0) is 20.1. The van der Waals surface area contributed by atoms with E-state index in [1.807, 2.05) is 48.5 Å². The van der Waals surface area contributed by atoms with Crippen LogP contribution in [0.25, 0.3) is 21.9 Å². The Labute approximate surface area is 170 Å². The van der Waals surface area contributed by atoms with Gasteiger partial charge in [-0.2, -0.15) is 0 Å². The molecule has 4 rings (SSSR count). The molecule has 0 radical (unpaired) electrons. The van der Waals surface area contributed by atoms with Gasteiger partial charge in [0.15, 0.2) is 0 Å². The first kappa shape index (κ1) is 18.9. The standard InChI is InChI=1S/C26H23NO2/c27-25(26(28)29-18-20-7-2-1-3-8-20)17-19-13-15-22(16-14-19)24-12-6-10-21-9-4-5-11-23(21)24/h1-16,25H,17-18,27H2/t25-/m0/s1. The van der Waals surface area contributed by atoms with Crippen molar-refractivity contribution in [3.63, 3.8) is 0 Å². The number of benzene rings is 4. The summed E-state index contributed by atoms with van der Waals surface area (Å²) in [6, 6.07) is 31.8.